The number of carbonyl (C=O) groups excluding carboxylic acids is 2. The molecule has 0 saturated heterocycles. The Balaban J connectivity index is 2.63. The summed E-state index contributed by atoms with van der Waals surface area (Å²) in [6.07, 6.45) is -0.287. The summed E-state index contributed by atoms with van der Waals surface area (Å²) in [4.78, 5) is 23.0. The third-order valence-corrected chi connectivity index (χ3v) is 4.39. The Morgan fingerprint density at radius 2 is 2.00 bits per heavy atom. The van der Waals surface area contributed by atoms with Crippen molar-refractivity contribution < 1.29 is 22.7 Å². The average Bonchev–Trinajstić information content (AvgIpc) is 2.57. The summed E-state index contributed by atoms with van der Waals surface area (Å²) >= 11 is 0. The molecular formula is C15H19N3O5S. The molecule has 1 amide bonds. The molecule has 0 aliphatic heterocycles. The molecule has 0 aromatic heterocycles. The molecular weight excluding hydrogens is 334 g/mol. The van der Waals surface area contributed by atoms with Gasteiger partial charge in [0.2, 0.25) is 10.0 Å². The fraction of sp³-hybridized carbons (Fsp3) is 0.400. The van der Waals surface area contributed by atoms with Crippen molar-refractivity contribution in [3.63, 3.8) is 0 Å². The molecule has 0 aliphatic rings. The van der Waals surface area contributed by atoms with Gasteiger partial charge in [0.15, 0.2) is 6.10 Å². The Morgan fingerprint density at radius 1 is 1.33 bits per heavy atom. The molecule has 1 aromatic rings. The summed E-state index contributed by atoms with van der Waals surface area (Å²) in [6.45, 7) is 3.08. The minimum absolute atomic E-state index is 0.0364. The van der Waals surface area contributed by atoms with Crippen molar-refractivity contribution in [1.82, 2.24) is 10.0 Å². The van der Waals surface area contributed by atoms with Crippen LogP contribution in [0.4, 0.5) is 0 Å². The number of ether oxygens (including phenoxy) is 1. The topological polar surface area (TPSA) is 125 Å². The largest absolute Gasteiger partial charge is 0.452 e. The molecule has 1 rings (SSSR count). The van der Waals surface area contributed by atoms with E-state index < -0.39 is 34.5 Å². The Morgan fingerprint density at radius 3 is 2.62 bits per heavy atom. The zero-order valence-electron chi connectivity index (χ0n) is 13.4. The molecule has 0 bridgehead atoms. The van der Waals surface area contributed by atoms with Crippen LogP contribution >= 0.6 is 0 Å². The molecule has 0 heterocycles. The molecule has 2 N–H and O–H groups in total. The van der Waals surface area contributed by atoms with Crippen molar-refractivity contribution >= 4 is 21.9 Å². The third-order valence-electron chi connectivity index (χ3n) is 2.93. The number of hydrogen-bond donors (Lipinski definition) is 2. The quantitative estimate of drug-likeness (QED) is 0.647. The molecule has 9 heteroatoms. The number of benzene rings is 1. The predicted octanol–water partition coefficient (Wildman–Crippen LogP) is 0.294. The summed E-state index contributed by atoms with van der Waals surface area (Å²) in [5, 5.41) is 11.5. The van der Waals surface area contributed by atoms with E-state index in [2.05, 4.69) is 10.0 Å². The minimum atomic E-state index is -4.04. The number of esters is 1. The van der Waals surface area contributed by atoms with Gasteiger partial charge < -0.3 is 10.1 Å². The zero-order chi connectivity index (χ0) is 18.2. The second kappa shape index (κ2) is 9.00. The molecule has 0 fully saturated rings. The molecule has 0 saturated carbocycles. The molecule has 130 valence electrons. The van der Waals surface area contributed by atoms with E-state index in [9.17, 15) is 18.0 Å². The first-order valence-electron chi connectivity index (χ1n) is 7.27. The second-order valence-electron chi connectivity index (χ2n) is 4.86. The molecule has 0 radical (unpaired) electrons. The van der Waals surface area contributed by atoms with E-state index in [0.29, 0.717) is 6.54 Å². The van der Waals surface area contributed by atoms with E-state index in [4.69, 9.17) is 10.00 Å². The Labute approximate surface area is 140 Å². The number of hydrogen-bond acceptors (Lipinski definition) is 6. The van der Waals surface area contributed by atoms with E-state index in [-0.39, 0.29) is 10.5 Å². The summed E-state index contributed by atoms with van der Waals surface area (Å²) < 4.78 is 31.2. The lowest BCUT2D eigenvalue weighted by Gasteiger charge is -2.13. The number of nitrogens with zero attached hydrogens (tertiary/aromatic N) is 1. The first kappa shape index (κ1) is 19.6. The smallest absolute Gasteiger partial charge is 0.321 e. The van der Waals surface area contributed by atoms with Crippen molar-refractivity contribution in [3.8, 4) is 6.07 Å². The van der Waals surface area contributed by atoms with Crippen LogP contribution in [-0.4, -0.2) is 39.5 Å². The van der Waals surface area contributed by atoms with Crippen LogP contribution in [-0.2, 0) is 24.3 Å². The van der Waals surface area contributed by atoms with Crippen LogP contribution in [0, 0.1) is 11.3 Å². The van der Waals surface area contributed by atoms with Gasteiger partial charge in [-0.1, -0.05) is 19.1 Å². The van der Waals surface area contributed by atoms with Crippen molar-refractivity contribution in [2.75, 3.05) is 13.1 Å². The SMILES string of the molecule is CCCNC(=O)[C@H](C)OC(=O)CNS(=O)(=O)c1ccccc1C#N. The minimum Gasteiger partial charge on any atom is -0.452 e. The second-order valence-corrected chi connectivity index (χ2v) is 6.59. The highest BCUT2D eigenvalue weighted by Crippen LogP contribution is 2.13. The van der Waals surface area contributed by atoms with Gasteiger partial charge in [0, 0.05) is 6.54 Å². The molecule has 1 aromatic carbocycles. The van der Waals surface area contributed by atoms with Crippen molar-refractivity contribution in [3.05, 3.63) is 29.8 Å². The number of carbonyl (C=O) groups is 2. The lowest BCUT2D eigenvalue weighted by atomic mass is 10.2. The van der Waals surface area contributed by atoms with Gasteiger partial charge in [0.1, 0.15) is 12.6 Å². The van der Waals surface area contributed by atoms with Crippen LogP contribution in [0.2, 0.25) is 0 Å². The fourth-order valence-electron chi connectivity index (χ4n) is 1.71. The highest BCUT2D eigenvalue weighted by molar-refractivity contribution is 7.89. The van der Waals surface area contributed by atoms with Crippen LogP contribution in [0.3, 0.4) is 0 Å². The number of sulfonamides is 1. The van der Waals surface area contributed by atoms with Gasteiger partial charge in [0.25, 0.3) is 5.91 Å². The molecule has 8 nitrogen and oxygen atoms in total. The summed E-state index contributed by atoms with van der Waals surface area (Å²) in [7, 11) is -4.04. The molecule has 0 unspecified atom stereocenters. The Bertz CT molecular complexity index is 740. The summed E-state index contributed by atoms with van der Waals surface area (Å²) in [5.74, 6) is -1.35. The monoisotopic (exact) mass is 353 g/mol. The van der Waals surface area contributed by atoms with Gasteiger partial charge in [-0.15, -0.1) is 0 Å². The molecule has 0 aliphatic carbocycles. The first-order valence-corrected chi connectivity index (χ1v) is 8.76. The van der Waals surface area contributed by atoms with E-state index in [1.807, 2.05) is 6.92 Å². The van der Waals surface area contributed by atoms with E-state index in [1.165, 1.54) is 31.2 Å². The third kappa shape index (κ3) is 5.64. The van der Waals surface area contributed by atoms with Gasteiger partial charge in [-0.3, -0.25) is 9.59 Å². The maximum Gasteiger partial charge on any atom is 0.321 e. The van der Waals surface area contributed by atoms with Crippen molar-refractivity contribution in [2.24, 2.45) is 0 Å². The maximum atomic E-state index is 12.1. The normalized spacial score (nSPS) is 12.0. The first-order chi connectivity index (χ1) is 11.3. The van der Waals surface area contributed by atoms with Crippen LogP contribution < -0.4 is 10.0 Å². The van der Waals surface area contributed by atoms with E-state index >= 15 is 0 Å². The maximum absolute atomic E-state index is 12.1. The van der Waals surface area contributed by atoms with E-state index in [0.717, 1.165) is 6.42 Å². The lowest BCUT2D eigenvalue weighted by molar-refractivity contribution is -0.153. The Hall–Kier alpha value is -2.44. The number of nitrogens with one attached hydrogen (secondary N) is 2. The predicted molar refractivity (Wildman–Crippen MR) is 85.2 cm³/mol. The van der Waals surface area contributed by atoms with Gasteiger partial charge in [0.05, 0.1) is 10.5 Å². The highest BCUT2D eigenvalue weighted by Gasteiger charge is 2.22. The fourth-order valence-corrected chi connectivity index (χ4v) is 2.83. The van der Waals surface area contributed by atoms with E-state index in [1.54, 1.807) is 6.07 Å². The van der Waals surface area contributed by atoms with Crippen molar-refractivity contribution in [2.45, 2.75) is 31.3 Å². The van der Waals surface area contributed by atoms with Crippen LogP contribution in [0.25, 0.3) is 0 Å². The van der Waals surface area contributed by atoms with Crippen LogP contribution in [0.5, 0.6) is 0 Å². The average molecular weight is 353 g/mol. The van der Waals surface area contributed by atoms with Gasteiger partial charge >= 0.3 is 5.97 Å². The van der Waals surface area contributed by atoms with Crippen molar-refractivity contribution in [1.29, 1.82) is 5.26 Å². The number of rotatable bonds is 8. The zero-order valence-corrected chi connectivity index (χ0v) is 14.2. The van der Waals surface area contributed by atoms with Gasteiger partial charge in [-0.2, -0.15) is 9.98 Å². The Kier molecular flexibility index (Phi) is 7.35. The number of nitriles is 1. The molecule has 1 atom stereocenters. The molecule has 0 spiro atoms. The molecule has 24 heavy (non-hydrogen) atoms. The summed E-state index contributed by atoms with van der Waals surface area (Å²) in [6, 6.07) is 7.38. The summed E-state index contributed by atoms with van der Waals surface area (Å²) in [5.41, 5.74) is -0.0364. The van der Waals surface area contributed by atoms with Crippen LogP contribution in [0.1, 0.15) is 25.8 Å². The highest BCUT2D eigenvalue weighted by atomic mass is 32.2. The number of amides is 1. The lowest BCUT2D eigenvalue weighted by Crippen LogP contribution is -2.39. The van der Waals surface area contributed by atoms with Gasteiger partial charge in [-0.25, -0.2) is 8.42 Å². The standard InChI is InChI=1S/C15H19N3O5S/c1-3-8-17-15(20)11(2)23-14(19)10-18-24(21,22)13-7-5-4-6-12(13)9-16/h4-7,11,18H,3,8,10H2,1-2H3,(H,17,20)/t11-/m0/s1. The van der Waals surface area contributed by atoms with Crippen LogP contribution in [0.15, 0.2) is 29.2 Å². The van der Waals surface area contributed by atoms with Gasteiger partial charge in [-0.05, 0) is 25.5 Å².